The molecule has 1 rings (SSSR count). The highest BCUT2D eigenvalue weighted by atomic mass is 16.3. The molecule has 102 valence electrons. The summed E-state index contributed by atoms with van der Waals surface area (Å²) in [5.74, 6) is 1.23. The average Bonchev–Trinajstić information content (AvgIpc) is 2.84. The Hall–Kier alpha value is -1.29. The van der Waals surface area contributed by atoms with Gasteiger partial charge in [0.25, 0.3) is 0 Å². The van der Waals surface area contributed by atoms with Gasteiger partial charge in [0.15, 0.2) is 0 Å². The first kappa shape index (κ1) is 14.8. The van der Waals surface area contributed by atoms with E-state index in [4.69, 9.17) is 4.42 Å². The SMILES string of the molecule is CC(CCc1ccco1)NCCCC(=O)N(C)C. The van der Waals surface area contributed by atoms with Crippen LogP contribution in [0.2, 0.25) is 0 Å². The fraction of sp³-hybridized carbons (Fsp3) is 0.643. The van der Waals surface area contributed by atoms with E-state index in [0.29, 0.717) is 12.5 Å². The molecule has 0 fully saturated rings. The number of hydrogen-bond donors (Lipinski definition) is 1. The van der Waals surface area contributed by atoms with Crippen LogP contribution < -0.4 is 5.32 Å². The first-order valence-electron chi connectivity index (χ1n) is 6.55. The summed E-state index contributed by atoms with van der Waals surface area (Å²) in [5.41, 5.74) is 0. The van der Waals surface area contributed by atoms with E-state index in [0.717, 1.165) is 31.6 Å². The molecule has 0 aliphatic rings. The molecule has 0 saturated heterocycles. The van der Waals surface area contributed by atoms with E-state index < -0.39 is 0 Å². The van der Waals surface area contributed by atoms with Gasteiger partial charge in [0.05, 0.1) is 6.26 Å². The minimum absolute atomic E-state index is 0.194. The van der Waals surface area contributed by atoms with Crippen molar-refractivity contribution in [2.24, 2.45) is 0 Å². The van der Waals surface area contributed by atoms with Crippen molar-refractivity contribution in [1.82, 2.24) is 10.2 Å². The molecule has 0 bridgehead atoms. The molecule has 4 heteroatoms. The number of aryl methyl sites for hydroxylation is 1. The second-order valence-corrected chi connectivity index (χ2v) is 4.86. The van der Waals surface area contributed by atoms with E-state index >= 15 is 0 Å². The van der Waals surface area contributed by atoms with Crippen molar-refractivity contribution in [3.05, 3.63) is 24.2 Å². The molecule has 0 spiro atoms. The lowest BCUT2D eigenvalue weighted by molar-refractivity contribution is -0.128. The Balaban J connectivity index is 2.03. The van der Waals surface area contributed by atoms with Gasteiger partial charge in [-0.3, -0.25) is 4.79 Å². The molecule has 0 aromatic carbocycles. The van der Waals surface area contributed by atoms with Crippen LogP contribution in [0.3, 0.4) is 0 Å². The third kappa shape index (κ3) is 5.87. The molecule has 0 saturated carbocycles. The number of hydrogen-bond acceptors (Lipinski definition) is 3. The van der Waals surface area contributed by atoms with Crippen molar-refractivity contribution < 1.29 is 9.21 Å². The van der Waals surface area contributed by atoms with Gasteiger partial charge in [-0.2, -0.15) is 0 Å². The van der Waals surface area contributed by atoms with Gasteiger partial charge in [-0.15, -0.1) is 0 Å². The van der Waals surface area contributed by atoms with Crippen LogP contribution in [-0.4, -0.2) is 37.5 Å². The zero-order chi connectivity index (χ0) is 13.4. The fourth-order valence-corrected chi connectivity index (χ4v) is 1.73. The standard InChI is InChI=1S/C14H24N2O2/c1-12(8-9-13-6-5-11-18-13)15-10-4-7-14(17)16(2)3/h5-6,11-12,15H,4,7-10H2,1-3H3. The number of amides is 1. The second-order valence-electron chi connectivity index (χ2n) is 4.86. The zero-order valence-electron chi connectivity index (χ0n) is 11.6. The first-order valence-corrected chi connectivity index (χ1v) is 6.55. The molecule has 0 aliphatic heterocycles. The summed E-state index contributed by atoms with van der Waals surface area (Å²) in [4.78, 5) is 13.0. The lowest BCUT2D eigenvalue weighted by Gasteiger charge is -2.14. The van der Waals surface area contributed by atoms with Crippen LogP contribution in [0.25, 0.3) is 0 Å². The normalized spacial score (nSPS) is 12.4. The molecule has 1 heterocycles. The minimum Gasteiger partial charge on any atom is -0.469 e. The fourth-order valence-electron chi connectivity index (χ4n) is 1.73. The van der Waals surface area contributed by atoms with Gasteiger partial charge in [-0.1, -0.05) is 0 Å². The summed E-state index contributed by atoms with van der Waals surface area (Å²) in [6.07, 6.45) is 5.22. The van der Waals surface area contributed by atoms with Crippen molar-refractivity contribution >= 4 is 5.91 Å². The Morgan fingerprint density at radius 1 is 1.50 bits per heavy atom. The quantitative estimate of drug-likeness (QED) is 0.720. The van der Waals surface area contributed by atoms with Crippen LogP contribution in [0.1, 0.15) is 31.9 Å². The number of nitrogens with one attached hydrogen (secondary N) is 1. The van der Waals surface area contributed by atoms with E-state index in [2.05, 4.69) is 12.2 Å². The molecule has 4 nitrogen and oxygen atoms in total. The lowest BCUT2D eigenvalue weighted by atomic mass is 10.1. The summed E-state index contributed by atoms with van der Waals surface area (Å²) in [7, 11) is 3.59. The third-order valence-electron chi connectivity index (χ3n) is 2.96. The molecule has 1 aromatic heterocycles. The number of carbonyl (C=O) groups excluding carboxylic acids is 1. The molecule has 1 N–H and O–H groups in total. The molecule has 1 unspecified atom stereocenters. The Labute approximate surface area is 109 Å². The number of nitrogens with zero attached hydrogens (tertiary/aromatic N) is 1. The summed E-state index contributed by atoms with van der Waals surface area (Å²) >= 11 is 0. The van der Waals surface area contributed by atoms with Gasteiger partial charge < -0.3 is 14.6 Å². The maximum atomic E-state index is 11.4. The minimum atomic E-state index is 0.194. The molecule has 1 atom stereocenters. The molecule has 1 amide bonds. The summed E-state index contributed by atoms with van der Waals surface area (Å²) in [5, 5.41) is 3.43. The molecule has 0 aliphatic carbocycles. The first-order chi connectivity index (χ1) is 8.59. The third-order valence-corrected chi connectivity index (χ3v) is 2.96. The largest absolute Gasteiger partial charge is 0.469 e. The van der Waals surface area contributed by atoms with Gasteiger partial charge in [0, 0.05) is 33.0 Å². The predicted molar refractivity (Wildman–Crippen MR) is 72.4 cm³/mol. The van der Waals surface area contributed by atoms with Crippen molar-refractivity contribution in [3.63, 3.8) is 0 Å². The molecular formula is C14H24N2O2. The Kier molecular flexibility index (Phi) is 6.50. The highest BCUT2D eigenvalue weighted by molar-refractivity contribution is 5.75. The molecule has 1 aromatic rings. The van der Waals surface area contributed by atoms with Crippen LogP contribution in [0.5, 0.6) is 0 Å². The smallest absolute Gasteiger partial charge is 0.222 e. The van der Waals surface area contributed by atoms with E-state index in [-0.39, 0.29) is 5.91 Å². The van der Waals surface area contributed by atoms with E-state index in [1.807, 2.05) is 12.1 Å². The average molecular weight is 252 g/mol. The Morgan fingerprint density at radius 3 is 2.89 bits per heavy atom. The van der Waals surface area contributed by atoms with Gasteiger partial charge in [-0.25, -0.2) is 0 Å². The van der Waals surface area contributed by atoms with Crippen LogP contribution in [0.15, 0.2) is 22.8 Å². The van der Waals surface area contributed by atoms with E-state index in [9.17, 15) is 4.79 Å². The van der Waals surface area contributed by atoms with Gasteiger partial charge >= 0.3 is 0 Å². The van der Waals surface area contributed by atoms with Crippen molar-refractivity contribution in [2.45, 2.75) is 38.6 Å². The van der Waals surface area contributed by atoms with E-state index in [1.54, 1.807) is 25.3 Å². The van der Waals surface area contributed by atoms with Gasteiger partial charge in [0.1, 0.15) is 5.76 Å². The zero-order valence-corrected chi connectivity index (χ0v) is 11.6. The summed E-state index contributed by atoms with van der Waals surface area (Å²) < 4.78 is 5.29. The molecule has 18 heavy (non-hydrogen) atoms. The lowest BCUT2D eigenvalue weighted by Crippen LogP contribution is -2.29. The van der Waals surface area contributed by atoms with Crippen molar-refractivity contribution in [1.29, 1.82) is 0 Å². The van der Waals surface area contributed by atoms with Crippen LogP contribution in [0.4, 0.5) is 0 Å². The van der Waals surface area contributed by atoms with Crippen molar-refractivity contribution in [2.75, 3.05) is 20.6 Å². The predicted octanol–water partition coefficient (Wildman–Crippen LogP) is 2.06. The van der Waals surface area contributed by atoms with Crippen LogP contribution >= 0.6 is 0 Å². The molecular weight excluding hydrogens is 228 g/mol. The van der Waals surface area contributed by atoms with Gasteiger partial charge in [-0.05, 0) is 38.4 Å². The summed E-state index contributed by atoms with van der Waals surface area (Å²) in [6.45, 7) is 3.05. The highest BCUT2D eigenvalue weighted by Crippen LogP contribution is 2.05. The Morgan fingerprint density at radius 2 is 2.28 bits per heavy atom. The highest BCUT2D eigenvalue weighted by Gasteiger charge is 2.05. The topological polar surface area (TPSA) is 45.5 Å². The van der Waals surface area contributed by atoms with Gasteiger partial charge in [0.2, 0.25) is 5.91 Å². The monoisotopic (exact) mass is 252 g/mol. The summed E-state index contributed by atoms with van der Waals surface area (Å²) in [6, 6.07) is 4.37. The second kappa shape index (κ2) is 7.93. The number of carbonyl (C=O) groups is 1. The van der Waals surface area contributed by atoms with Crippen molar-refractivity contribution in [3.8, 4) is 0 Å². The maximum absolute atomic E-state index is 11.4. The van der Waals surface area contributed by atoms with Crippen LogP contribution in [0, 0.1) is 0 Å². The number of furan rings is 1. The van der Waals surface area contributed by atoms with E-state index in [1.165, 1.54) is 0 Å². The van der Waals surface area contributed by atoms with Crippen LogP contribution in [-0.2, 0) is 11.2 Å². The Bertz CT molecular complexity index is 334. The number of rotatable bonds is 8. The molecule has 0 radical (unpaired) electrons. The maximum Gasteiger partial charge on any atom is 0.222 e.